The third kappa shape index (κ3) is 2.81. The van der Waals surface area contributed by atoms with Gasteiger partial charge >= 0.3 is 11.9 Å². The lowest BCUT2D eigenvalue weighted by Gasteiger charge is -2.15. The number of aromatic carboxylic acids is 2. The van der Waals surface area contributed by atoms with Gasteiger partial charge in [0.1, 0.15) is 4.90 Å². The van der Waals surface area contributed by atoms with Crippen molar-refractivity contribution < 1.29 is 32.8 Å². The first-order valence-corrected chi connectivity index (χ1v) is 7.21. The van der Waals surface area contributed by atoms with E-state index in [1.165, 1.54) is 0 Å². The van der Waals surface area contributed by atoms with Crippen molar-refractivity contribution in [3.05, 3.63) is 28.3 Å². The van der Waals surface area contributed by atoms with Crippen molar-refractivity contribution in [2.45, 2.75) is 31.6 Å². The van der Waals surface area contributed by atoms with Crippen LogP contribution in [0.15, 0.2) is 11.0 Å². The van der Waals surface area contributed by atoms with Gasteiger partial charge in [-0.3, -0.25) is 4.55 Å². The van der Waals surface area contributed by atoms with E-state index < -0.39 is 38.1 Å². The molecule has 0 atom stereocenters. The van der Waals surface area contributed by atoms with Crippen LogP contribution in [0.3, 0.4) is 0 Å². The van der Waals surface area contributed by atoms with Crippen LogP contribution in [-0.2, 0) is 23.0 Å². The lowest BCUT2D eigenvalue weighted by Crippen LogP contribution is -2.18. The van der Waals surface area contributed by atoms with E-state index >= 15 is 0 Å². The Morgan fingerprint density at radius 1 is 1.10 bits per heavy atom. The van der Waals surface area contributed by atoms with Gasteiger partial charge in [-0.25, -0.2) is 9.59 Å². The van der Waals surface area contributed by atoms with Gasteiger partial charge in [0.05, 0.1) is 11.1 Å². The van der Waals surface area contributed by atoms with Crippen LogP contribution in [0.2, 0.25) is 0 Å². The minimum atomic E-state index is -4.97. The van der Waals surface area contributed by atoms with Gasteiger partial charge < -0.3 is 10.2 Å². The van der Waals surface area contributed by atoms with Crippen LogP contribution in [0.1, 0.15) is 45.7 Å². The molecule has 7 nitrogen and oxygen atoms in total. The first-order valence-electron chi connectivity index (χ1n) is 5.77. The second-order valence-electron chi connectivity index (χ2n) is 4.06. The third-order valence-electron chi connectivity index (χ3n) is 2.92. The van der Waals surface area contributed by atoms with Gasteiger partial charge in [0.15, 0.2) is 0 Å². The SMILES string of the molecule is CCc1cc(C(=O)O)c(S(=O)(=O)O)c(C(=O)O)c1CC. The van der Waals surface area contributed by atoms with E-state index in [1.54, 1.807) is 13.8 Å². The second kappa shape index (κ2) is 5.59. The Balaban J connectivity index is 4.05. The van der Waals surface area contributed by atoms with Crippen LogP contribution in [0.5, 0.6) is 0 Å². The van der Waals surface area contributed by atoms with Gasteiger partial charge in [-0.15, -0.1) is 0 Å². The predicted molar refractivity (Wildman–Crippen MR) is 68.9 cm³/mol. The summed E-state index contributed by atoms with van der Waals surface area (Å²) in [6.07, 6.45) is 0.544. The van der Waals surface area contributed by atoms with Gasteiger partial charge in [-0.05, 0) is 30.0 Å². The molecule has 0 amide bonds. The number of carboxylic acid groups (broad SMARTS) is 2. The number of rotatable bonds is 5. The number of benzene rings is 1. The average molecular weight is 302 g/mol. The molecule has 0 radical (unpaired) electrons. The molecule has 110 valence electrons. The van der Waals surface area contributed by atoms with E-state index in [-0.39, 0.29) is 12.0 Å². The highest BCUT2D eigenvalue weighted by Gasteiger charge is 2.31. The first-order chi connectivity index (χ1) is 9.15. The van der Waals surface area contributed by atoms with Gasteiger partial charge in [-0.1, -0.05) is 13.8 Å². The Bertz CT molecular complexity index is 674. The zero-order valence-corrected chi connectivity index (χ0v) is 11.7. The summed E-state index contributed by atoms with van der Waals surface area (Å²) < 4.78 is 31.9. The van der Waals surface area contributed by atoms with Crippen molar-refractivity contribution in [1.29, 1.82) is 0 Å². The predicted octanol–water partition coefficient (Wildman–Crippen LogP) is 1.45. The molecule has 20 heavy (non-hydrogen) atoms. The summed E-state index contributed by atoms with van der Waals surface area (Å²) in [5, 5.41) is 18.2. The summed E-state index contributed by atoms with van der Waals surface area (Å²) in [6, 6.07) is 1.09. The van der Waals surface area contributed by atoms with Gasteiger partial charge in [0, 0.05) is 0 Å². The normalized spacial score (nSPS) is 11.3. The number of carboxylic acids is 2. The van der Waals surface area contributed by atoms with E-state index in [0.717, 1.165) is 6.07 Å². The average Bonchev–Trinajstić information content (AvgIpc) is 2.34. The minimum absolute atomic E-state index is 0.202. The molecule has 8 heteroatoms. The smallest absolute Gasteiger partial charge is 0.337 e. The molecule has 0 saturated heterocycles. The Hall–Kier alpha value is -1.93. The molecular weight excluding hydrogens is 288 g/mol. The summed E-state index contributed by atoms with van der Waals surface area (Å²) in [5.41, 5.74) is -0.780. The number of hydrogen-bond acceptors (Lipinski definition) is 4. The Morgan fingerprint density at radius 3 is 1.95 bits per heavy atom. The van der Waals surface area contributed by atoms with Crippen LogP contribution in [-0.4, -0.2) is 35.1 Å². The van der Waals surface area contributed by atoms with E-state index in [4.69, 9.17) is 5.11 Å². The van der Waals surface area contributed by atoms with E-state index in [1.807, 2.05) is 0 Å². The molecule has 0 aliphatic rings. The maximum atomic E-state index is 11.4. The molecule has 1 aromatic rings. The lowest BCUT2D eigenvalue weighted by atomic mass is 9.94. The fourth-order valence-electron chi connectivity index (χ4n) is 2.13. The second-order valence-corrected chi connectivity index (χ2v) is 5.42. The monoisotopic (exact) mass is 302 g/mol. The van der Waals surface area contributed by atoms with Crippen molar-refractivity contribution in [2.75, 3.05) is 0 Å². The Kier molecular flexibility index (Phi) is 4.51. The summed E-state index contributed by atoms with van der Waals surface area (Å²) >= 11 is 0. The zero-order chi connectivity index (χ0) is 15.7. The topological polar surface area (TPSA) is 129 Å². The number of carbonyl (C=O) groups is 2. The maximum Gasteiger partial charge on any atom is 0.337 e. The molecule has 1 rings (SSSR count). The van der Waals surface area contributed by atoms with Gasteiger partial charge in [-0.2, -0.15) is 8.42 Å². The fraction of sp³-hybridized carbons (Fsp3) is 0.333. The van der Waals surface area contributed by atoms with Crippen molar-refractivity contribution in [3.8, 4) is 0 Å². The molecule has 0 heterocycles. The molecule has 0 aromatic heterocycles. The standard InChI is InChI=1S/C12H14O7S/c1-3-6-5-8(11(13)14)10(20(17,18)19)9(12(15)16)7(6)4-2/h5H,3-4H2,1-2H3,(H,13,14)(H,15,16)(H,17,18,19). The molecule has 0 saturated carbocycles. The van der Waals surface area contributed by atoms with Crippen molar-refractivity contribution >= 4 is 22.1 Å². The molecule has 0 unspecified atom stereocenters. The van der Waals surface area contributed by atoms with Crippen molar-refractivity contribution in [1.82, 2.24) is 0 Å². The highest BCUT2D eigenvalue weighted by molar-refractivity contribution is 7.86. The first kappa shape index (κ1) is 16.1. The van der Waals surface area contributed by atoms with Crippen LogP contribution >= 0.6 is 0 Å². The summed E-state index contributed by atoms with van der Waals surface area (Å²) in [6.45, 7) is 3.31. The van der Waals surface area contributed by atoms with Crippen LogP contribution < -0.4 is 0 Å². The maximum absolute atomic E-state index is 11.4. The van der Waals surface area contributed by atoms with Crippen molar-refractivity contribution in [3.63, 3.8) is 0 Å². The fourth-order valence-corrected chi connectivity index (χ4v) is 3.02. The largest absolute Gasteiger partial charge is 0.478 e. The molecule has 0 bridgehead atoms. The van der Waals surface area contributed by atoms with Gasteiger partial charge in [0.2, 0.25) is 0 Å². The molecule has 0 aliphatic heterocycles. The third-order valence-corrected chi connectivity index (χ3v) is 3.86. The summed E-state index contributed by atoms with van der Waals surface area (Å²) in [5.74, 6) is -3.20. The zero-order valence-electron chi connectivity index (χ0n) is 10.9. The summed E-state index contributed by atoms with van der Waals surface area (Å²) in [7, 11) is -4.97. The molecule has 0 spiro atoms. The molecule has 3 N–H and O–H groups in total. The summed E-state index contributed by atoms with van der Waals surface area (Å²) in [4.78, 5) is 21.4. The van der Waals surface area contributed by atoms with E-state index in [0.29, 0.717) is 12.0 Å². The van der Waals surface area contributed by atoms with Crippen LogP contribution in [0.25, 0.3) is 0 Å². The molecule has 1 aromatic carbocycles. The highest BCUT2D eigenvalue weighted by Crippen LogP contribution is 2.29. The van der Waals surface area contributed by atoms with Crippen molar-refractivity contribution in [2.24, 2.45) is 0 Å². The Morgan fingerprint density at radius 2 is 1.65 bits per heavy atom. The molecule has 0 aliphatic carbocycles. The highest BCUT2D eigenvalue weighted by atomic mass is 32.2. The van der Waals surface area contributed by atoms with Gasteiger partial charge in [0.25, 0.3) is 10.1 Å². The molecule has 0 fully saturated rings. The van der Waals surface area contributed by atoms with Crippen LogP contribution in [0, 0.1) is 0 Å². The van der Waals surface area contributed by atoms with Crippen LogP contribution in [0.4, 0.5) is 0 Å². The minimum Gasteiger partial charge on any atom is -0.478 e. The number of hydrogen-bond donors (Lipinski definition) is 3. The Labute approximate surface area is 115 Å². The van der Waals surface area contributed by atoms with E-state index in [9.17, 15) is 27.7 Å². The quantitative estimate of drug-likeness (QED) is 0.702. The molecular formula is C12H14O7S. The number of aryl methyl sites for hydroxylation is 1. The lowest BCUT2D eigenvalue weighted by molar-refractivity contribution is 0.0687. The van der Waals surface area contributed by atoms with E-state index in [2.05, 4.69) is 0 Å².